The molecule has 25 heavy (non-hydrogen) atoms. The summed E-state index contributed by atoms with van der Waals surface area (Å²) in [6.45, 7) is -0.649. The van der Waals surface area contributed by atoms with Crippen molar-refractivity contribution in [2.75, 3.05) is 6.54 Å². The summed E-state index contributed by atoms with van der Waals surface area (Å²) >= 11 is 0. The number of pyridine rings is 1. The Balaban J connectivity index is 1.92. The molecule has 1 fully saturated rings. The standard InChI is InChI=1S/C17H18N2O6/c20-13(21)8-18-16(23)14-15(22)11-6-5-10(7-12(11)19-17(14)24)25-9-3-1-2-4-9/h5-7,9H,1-4,8H2,(H,18,23)(H,20,21)(H2,19,22,24). The van der Waals surface area contributed by atoms with Crippen LogP contribution in [0.3, 0.4) is 0 Å². The normalized spacial score (nSPS) is 14.6. The van der Waals surface area contributed by atoms with Gasteiger partial charge in [0.25, 0.3) is 11.5 Å². The molecule has 1 saturated carbocycles. The van der Waals surface area contributed by atoms with Crippen molar-refractivity contribution in [3.05, 3.63) is 34.1 Å². The van der Waals surface area contributed by atoms with Crippen molar-refractivity contribution >= 4 is 22.8 Å². The smallest absolute Gasteiger partial charge is 0.322 e. The molecule has 0 aliphatic heterocycles. The summed E-state index contributed by atoms with van der Waals surface area (Å²) in [5, 5.41) is 21.2. The van der Waals surface area contributed by atoms with Crippen LogP contribution in [-0.2, 0) is 4.79 Å². The second-order valence-corrected chi connectivity index (χ2v) is 5.99. The molecule has 132 valence electrons. The van der Waals surface area contributed by atoms with Crippen LogP contribution in [0.2, 0.25) is 0 Å². The van der Waals surface area contributed by atoms with E-state index < -0.39 is 35.3 Å². The summed E-state index contributed by atoms with van der Waals surface area (Å²) in [4.78, 5) is 37.1. The number of fused-ring (bicyclic) bond motifs is 1. The highest BCUT2D eigenvalue weighted by Crippen LogP contribution is 2.30. The average molecular weight is 346 g/mol. The molecule has 0 spiro atoms. The number of H-pyrrole nitrogens is 1. The molecule has 0 atom stereocenters. The van der Waals surface area contributed by atoms with Gasteiger partial charge in [0.1, 0.15) is 23.6 Å². The number of rotatable bonds is 5. The Bertz CT molecular complexity index is 883. The summed E-state index contributed by atoms with van der Waals surface area (Å²) < 4.78 is 5.86. The van der Waals surface area contributed by atoms with E-state index in [0.29, 0.717) is 11.3 Å². The third-order valence-electron chi connectivity index (χ3n) is 4.19. The minimum Gasteiger partial charge on any atom is -0.506 e. The lowest BCUT2D eigenvalue weighted by molar-refractivity contribution is -0.135. The number of carboxylic acids is 1. The molecule has 1 heterocycles. The molecular formula is C17H18N2O6. The van der Waals surface area contributed by atoms with Gasteiger partial charge in [-0.25, -0.2) is 0 Å². The predicted octanol–water partition coefficient (Wildman–Crippen LogP) is 1.37. The van der Waals surface area contributed by atoms with Gasteiger partial charge in [0.2, 0.25) is 0 Å². The van der Waals surface area contributed by atoms with Gasteiger partial charge in [-0.3, -0.25) is 14.4 Å². The third-order valence-corrected chi connectivity index (χ3v) is 4.19. The number of nitrogens with one attached hydrogen (secondary N) is 2. The number of aliphatic carboxylic acids is 1. The van der Waals surface area contributed by atoms with Gasteiger partial charge in [-0.05, 0) is 37.8 Å². The minimum absolute atomic E-state index is 0.152. The molecule has 0 radical (unpaired) electrons. The lowest BCUT2D eigenvalue weighted by atomic mass is 10.1. The fourth-order valence-corrected chi connectivity index (χ4v) is 2.99. The number of hydrogen-bond donors (Lipinski definition) is 4. The molecular weight excluding hydrogens is 328 g/mol. The molecule has 2 aromatic rings. The lowest BCUT2D eigenvalue weighted by Crippen LogP contribution is -2.33. The number of carbonyl (C=O) groups is 2. The van der Waals surface area contributed by atoms with Gasteiger partial charge < -0.3 is 25.3 Å². The maximum atomic E-state index is 12.1. The van der Waals surface area contributed by atoms with Crippen molar-refractivity contribution in [1.29, 1.82) is 0 Å². The molecule has 1 aliphatic rings. The fraction of sp³-hybridized carbons (Fsp3) is 0.353. The van der Waals surface area contributed by atoms with E-state index in [1.165, 1.54) is 0 Å². The van der Waals surface area contributed by atoms with Crippen LogP contribution in [0.25, 0.3) is 10.9 Å². The molecule has 1 aromatic carbocycles. The van der Waals surface area contributed by atoms with Crippen molar-refractivity contribution in [2.45, 2.75) is 31.8 Å². The number of benzene rings is 1. The second kappa shape index (κ2) is 6.84. The molecule has 0 bridgehead atoms. The van der Waals surface area contributed by atoms with Crippen LogP contribution >= 0.6 is 0 Å². The quantitative estimate of drug-likeness (QED) is 0.647. The monoisotopic (exact) mass is 346 g/mol. The van der Waals surface area contributed by atoms with E-state index in [-0.39, 0.29) is 11.5 Å². The number of carboxylic acid groups (broad SMARTS) is 1. The van der Waals surface area contributed by atoms with Gasteiger partial charge in [-0.2, -0.15) is 0 Å². The maximum absolute atomic E-state index is 12.1. The first-order valence-corrected chi connectivity index (χ1v) is 8.01. The Morgan fingerprint density at radius 1 is 1.28 bits per heavy atom. The number of amides is 1. The van der Waals surface area contributed by atoms with Crippen LogP contribution in [-0.4, -0.2) is 39.7 Å². The second-order valence-electron chi connectivity index (χ2n) is 5.99. The first-order valence-electron chi connectivity index (χ1n) is 8.01. The summed E-state index contributed by atoms with van der Waals surface area (Å²) in [5.41, 5.74) is -0.975. The highest BCUT2D eigenvalue weighted by atomic mass is 16.5. The van der Waals surface area contributed by atoms with Gasteiger partial charge in [-0.15, -0.1) is 0 Å². The zero-order chi connectivity index (χ0) is 18.0. The van der Waals surface area contributed by atoms with Crippen molar-refractivity contribution in [3.63, 3.8) is 0 Å². The summed E-state index contributed by atoms with van der Waals surface area (Å²) in [7, 11) is 0. The molecule has 0 saturated heterocycles. The molecule has 3 rings (SSSR count). The molecule has 8 heteroatoms. The van der Waals surface area contributed by atoms with E-state index in [0.717, 1.165) is 25.7 Å². The molecule has 1 aromatic heterocycles. The number of hydrogen-bond acceptors (Lipinski definition) is 5. The molecule has 4 N–H and O–H groups in total. The SMILES string of the molecule is O=C(O)CNC(=O)c1c(O)c2ccc(OC3CCCC3)cc2[nH]c1=O. The fourth-order valence-electron chi connectivity index (χ4n) is 2.99. The Kier molecular flexibility index (Phi) is 4.60. The lowest BCUT2D eigenvalue weighted by Gasteiger charge is -2.14. The Labute approximate surface area is 142 Å². The van der Waals surface area contributed by atoms with Crippen LogP contribution in [0.4, 0.5) is 0 Å². The van der Waals surface area contributed by atoms with Crippen LogP contribution < -0.4 is 15.6 Å². The van der Waals surface area contributed by atoms with E-state index in [2.05, 4.69) is 10.3 Å². The highest BCUT2D eigenvalue weighted by Gasteiger charge is 2.21. The highest BCUT2D eigenvalue weighted by molar-refractivity contribution is 6.03. The predicted molar refractivity (Wildman–Crippen MR) is 89.1 cm³/mol. The summed E-state index contributed by atoms with van der Waals surface area (Å²) in [6.07, 6.45) is 4.39. The maximum Gasteiger partial charge on any atom is 0.322 e. The Hall–Kier alpha value is -3.03. The Morgan fingerprint density at radius 2 is 2.00 bits per heavy atom. The van der Waals surface area contributed by atoms with E-state index >= 15 is 0 Å². The zero-order valence-corrected chi connectivity index (χ0v) is 13.4. The van der Waals surface area contributed by atoms with E-state index in [4.69, 9.17) is 9.84 Å². The van der Waals surface area contributed by atoms with Crippen LogP contribution in [0.15, 0.2) is 23.0 Å². The van der Waals surface area contributed by atoms with E-state index in [1.807, 2.05) is 0 Å². The van der Waals surface area contributed by atoms with Crippen molar-refractivity contribution in [1.82, 2.24) is 10.3 Å². The van der Waals surface area contributed by atoms with Gasteiger partial charge >= 0.3 is 5.97 Å². The van der Waals surface area contributed by atoms with E-state index in [9.17, 15) is 19.5 Å². The van der Waals surface area contributed by atoms with Crippen LogP contribution in [0.1, 0.15) is 36.0 Å². The molecule has 8 nitrogen and oxygen atoms in total. The third kappa shape index (κ3) is 3.57. The van der Waals surface area contributed by atoms with Crippen LogP contribution in [0, 0.1) is 0 Å². The van der Waals surface area contributed by atoms with Gasteiger partial charge in [-0.1, -0.05) is 0 Å². The first-order chi connectivity index (χ1) is 12.0. The number of carbonyl (C=O) groups excluding carboxylic acids is 1. The topological polar surface area (TPSA) is 129 Å². The number of aromatic amines is 1. The van der Waals surface area contributed by atoms with Crippen LogP contribution in [0.5, 0.6) is 11.5 Å². The van der Waals surface area contributed by atoms with Crippen molar-refractivity contribution < 1.29 is 24.5 Å². The zero-order valence-electron chi connectivity index (χ0n) is 13.4. The van der Waals surface area contributed by atoms with Gasteiger partial charge in [0.05, 0.1) is 11.6 Å². The van der Waals surface area contributed by atoms with Gasteiger partial charge in [0, 0.05) is 11.5 Å². The van der Waals surface area contributed by atoms with Gasteiger partial charge in [0.15, 0.2) is 0 Å². The number of aromatic hydroxyl groups is 1. The number of ether oxygens (including phenoxy) is 1. The first kappa shape index (κ1) is 16.8. The molecule has 1 amide bonds. The largest absolute Gasteiger partial charge is 0.506 e. The van der Waals surface area contributed by atoms with E-state index in [1.54, 1.807) is 18.2 Å². The molecule has 0 unspecified atom stereocenters. The minimum atomic E-state index is -1.25. The van der Waals surface area contributed by atoms with Crippen molar-refractivity contribution in [3.8, 4) is 11.5 Å². The summed E-state index contributed by atoms with van der Waals surface area (Å²) in [5.74, 6) is -2.11. The average Bonchev–Trinajstić information content (AvgIpc) is 3.05. The van der Waals surface area contributed by atoms with Crippen molar-refractivity contribution in [2.24, 2.45) is 0 Å². The summed E-state index contributed by atoms with van der Waals surface area (Å²) in [6, 6.07) is 4.82. The Morgan fingerprint density at radius 3 is 2.68 bits per heavy atom. The molecule has 1 aliphatic carbocycles. The number of aromatic nitrogens is 1.